The van der Waals surface area contributed by atoms with E-state index in [2.05, 4.69) is 0 Å². The molecule has 0 unspecified atom stereocenters. The lowest BCUT2D eigenvalue weighted by molar-refractivity contribution is -0.171. The maximum absolute atomic E-state index is 13.7. The van der Waals surface area contributed by atoms with Crippen LogP contribution in [0.5, 0.6) is 5.75 Å². The van der Waals surface area contributed by atoms with Crippen molar-refractivity contribution in [1.82, 2.24) is 4.90 Å². The molecule has 0 saturated heterocycles. The van der Waals surface area contributed by atoms with Crippen LogP contribution in [0.1, 0.15) is 11.1 Å². The van der Waals surface area contributed by atoms with Gasteiger partial charge in [-0.2, -0.15) is 0 Å². The molecule has 5 atom stereocenters. The van der Waals surface area contributed by atoms with Crippen LogP contribution >= 0.6 is 0 Å². The predicted octanol–water partition coefficient (Wildman–Crippen LogP) is -0.411. The second kappa shape index (κ2) is 7.16. The molecule has 32 heavy (non-hydrogen) atoms. The van der Waals surface area contributed by atoms with Gasteiger partial charge in [0.05, 0.1) is 23.6 Å². The summed E-state index contributed by atoms with van der Waals surface area (Å²) in [6.45, 7) is 0. The maximum Gasteiger partial charge on any atom is 0.255 e. The quantitative estimate of drug-likeness (QED) is 0.389. The number of carbonyl (C=O) groups is 3. The number of nitrogens with zero attached hydrogens (tertiary/aromatic N) is 1. The van der Waals surface area contributed by atoms with Crippen molar-refractivity contribution in [3.63, 3.8) is 0 Å². The lowest BCUT2D eigenvalue weighted by Gasteiger charge is -2.53. The van der Waals surface area contributed by atoms with Gasteiger partial charge in [-0.25, -0.2) is 0 Å². The summed E-state index contributed by atoms with van der Waals surface area (Å²) in [5, 5.41) is 43.7. The number of amides is 1. The Kier molecular flexibility index (Phi) is 4.92. The van der Waals surface area contributed by atoms with E-state index in [1.54, 1.807) is 12.1 Å². The molecule has 0 aromatic heterocycles. The molecular weight excluding hydrogens is 420 g/mol. The highest BCUT2D eigenvalue weighted by Gasteiger charge is 2.67. The zero-order valence-electron chi connectivity index (χ0n) is 17.7. The Morgan fingerprint density at radius 1 is 1.22 bits per heavy atom. The van der Waals surface area contributed by atoms with Crippen LogP contribution in [0.25, 0.3) is 5.76 Å². The standard InChI is InChI=1S/C22H24N2O8/c1-24(2)15-14-18(32-3)9-7-8-5-4-6-10(25)11(8)16(26)12(9)19(28)22(14,31)20(29)13(17(15)27)21(23)30/h4-6,9,14-15,18,25-26,29,31H,7H2,1-3H3,(H2,23,30)/t9-,14-,15+,18-,22+/m1/s1. The van der Waals surface area contributed by atoms with Gasteiger partial charge in [0.1, 0.15) is 22.8 Å². The molecule has 4 rings (SSSR count). The van der Waals surface area contributed by atoms with Crippen LogP contribution in [0.2, 0.25) is 0 Å². The number of phenolic OH excluding ortho intramolecular Hbond substituents is 1. The lowest BCUT2D eigenvalue weighted by Crippen LogP contribution is -2.70. The summed E-state index contributed by atoms with van der Waals surface area (Å²) in [4.78, 5) is 40.2. The molecular formula is C22H24N2O8. The topological polar surface area (TPSA) is 171 Å². The molecule has 0 heterocycles. The number of primary amides is 1. The molecule has 1 aromatic rings. The fourth-order valence-electron chi connectivity index (χ4n) is 5.48. The predicted molar refractivity (Wildman–Crippen MR) is 110 cm³/mol. The summed E-state index contributed by atoms with van der Waals surface area (Å²) in [6, 6.07) is 3.40. The number of ketones is 2. The Morgan fingerprint density at radius 2 is 1.88 bits per heavy atom. The van der Waals surface area contributed by atoms with E-state index < -0.39 is 64.1 Å². The van der Waals surface area contributed by atoms with E-state index in [-0.39, 0.29) is 23.3 Å². The van der Waals surface area contributed by atoms with Gasteiger partial charge in [-0.05, 0) is 32.1 Å². The molecule has 0 bridgehead atoms. The van der Waals surface area contributed by atoms with E-state index in [1.807, 2.05) is 0 Å². The highest BCUT2D eigenvalue weighted by Crippen LogP contribution is 2.53. The van der Waals surface area contributed by atoms with E-state index in [9.17, 15) is 34.8 Å². The number of aliphatic hydroxyl groups excluding tert-OH is 2. The van der Waals surface area contributed by atoms with Gasteiger partial charge < -0.3 is 30.9 Å². The van der Waals surface area contributed by atoms with Crippen molar-refractivity contribution in [3.05, 3.63) is 46.2 Å². The number of phenols is 1. The van der Waals surface area contributed by atoms with Gasteiger partial charge >= 0.3 is 0 Å². The summed E-state index contributed by atoms with van der Waals surface area (Å²) in [5.74, 6) is -7.27. The second-order valence-electron chi connectivity index (χ2n) is 8.57. The summed E-state index contributed by atoms with van der Waals surface area (Å²) in [7, 11) is 4.38. The van der Waals surface area contributed by atoms with Crippen LogP contribution in [0.15, 0.2) is 35.1 Å². The molecule has 170 valence electrons. The molecule has 1 fully saturated rings. The van der Waals surface area contributed by atoms with Crippen LogP contribution in [-0.4, -0.2) is 81.8 Å². The molecule has 1 aromatic carbocycles. The van der Waals surface area contributed by atoms with Gasteiger partial charge in [-0.1, -0.05) is 12.1 Å². The normalized spacial score (nSPS) is 32.0. The average molecular weight is 444 g/mol. The van der Waals surface area contributed by atoms with Crippen LogP contribution < -0.4 is 5.73 Å². The number of likely N-dealkylation sites (N-methyl/N-ethyl adjacent to an activating group) is 1. The number of benzene rings is 1. The van der Waals surface area contributed by atoms with Crippen LogP contribution in [-0.2, 0) is 25.5 Å². The zero-order chi connectivity index (χ0) is 23.7. The third kappa shape index (κ3) is 2.60. The molecule has 0 radical (unpaired) electrons. The first kappa shape index (κ1) is 22.0. The molecule has 1 saturated carbocycles. The zero-order valence-corrected chi connectivity index (χ0v) is 17.7. The van der Waals surface area contributed by atoms with E-state index in [0.717, 1.165) is 0 Å². The van der Waals surface area contributed by atoms with Crippen molar-refractivity contribution >= 4 is 23.2 Å². The minimum Gasteiger partial charge on any atom is -0.508 e. The number of nitrogens with two attached hydrogens (primary N) is 1. The maximum atomic E-state index is 13.7. The fourth-order valence-corrected chi connectivity index (χ4v) is 5.48. The summed E-state index contributed by atoms with van der Waals surface area (Å²) in [5.41, 5.74) is 2.01. The number of hydrogen-bond acceptors (Lipinski definition) is 9. The van der Waals surface area contributed by atoms with Crippen LogP contribution in [0.4, 0.5) is 0 Å². The van der Waals surface area contributed by atoms with Crippen LogP contribution in [0, 0.1) is 11.8 Å². The van der Waals surface area contributed by atoms with Crippen LogP contribution in [0.3, 0.4) is 0 Å². The Morgan fingerprint density at radius 3 is 2.44 bits per heavy atom. The molecule has 0 spiro atoms. The minimum atomic E-state index is -2.75. The highest BCUT2D eigenvalue weighted by atomic mass is 16.5. The highest BCUT2D eigenvalue weighted by molar-refractivity contribution is 6.24. The SMILES string of the molecule is CO[C@H]1[C@H]2[C@H](N(C)C)C(=O)C(C(N)=O)=C(O)[C@@]2(O)C(=O)C2=C(O)c3c(O)cccc3C[C@H]21. The third-order valence-corrected chi connectivity index (χ3v) is 6.78. The first-order valence-corrected chi connectivity index (χ1v) is 9.96. The third-order valence-electron chi connectivity index (χ3n) is 6.78. The number of fused-ring (bicyclic) bond motifs is 3. The molecule has 10 heteroatoms. The van der Waals surface area contributed by atoms with Gasteiger partial charge in [-0.3, -0.25) is 19.3 Å². The number of aromatic hydroxyl groups is 1. The number of hydrogen-bond donors (Lipinski definition) is 5. The second-order valence-corrected chi connectivity index (χ2v) is 8.57. The van der Waals surface area contributed by atoms with Crippen molar-refractivity contribution in [3.8, 4) is 5.75 Å². The molecule has 6 N–H and O–H groups in total. The van der Waals surface area contributed by atoms with E-state index >= 15 is 0 Å². The minimum absolute atomic E-state index is 0.0404. The van der Waals surface area contributed by atoms with E-state index in [1.165, 1.54) is 32.2 Å². The number of aliphatic hydroxyl groups is 3. The van der Waals surface area contributed by atoms with Gasteiger partial charge in [0.25, 0.3) is 5.91 Å². The van der Waals surface area contributed by atoms with Crippen molar-refractivity contribution in [2.24, 2.45) is 17.6 Å². The van der Waals surface area contributed by atoms with Crippen molar-refractivity contribution in [2.45, 2.75) is 24.2 Å². The number of carbonyl (C=O) groups excluding carboxylic acids is 3. The number of Topliss-reactive ketones (excluding diaryl/α,β-unsaturated/α-hetero) is 2. The van der Waals surface area contributed by atoms with Gasteiger partial charge in [0.15, 0.2) is 11.4 Å². The summed E-state index contributed by atoms with van der Waals surface area (Å²) < 4.78 is 5.66. The fraction of sp³-hybridized carbons (Fsp3) is 0.409. The first-order chi connectivity index (χ1) is 15.0. The number of ether oxygens (including phenoxy) is 1. The lowest BCUT2D eigenvalue weighted by atomic mass is 9.56. The largest absolute Gasteiger partial charge is 0.508 e. The van der Waals surface area contributed by atoms with Gasteiger partial charge in [0, 0.05) is 18.6 Å². The van der Waals surface area contributed by atoms with E-state index in [4.69, 9.17) is 10.5 Å². The number of rotatable bonds is 3. The van der Waals surface area contributed by atoms with Crippen molar-refractivity contribution < 1.29 is 39.5 Å². The first-order valence-electron chi connectivity index (χ1n) is 9.96. The number of methoxy groups -OCH3 is 1. The Bertz CT molecular complexity index is 1120. The monoisotopic (exact) mass is 444 g/mol. The molecule has 3 aliphatic carbocycles. The molecule has 0 aliphatic heterocycles. The average Bonchev–Trinajstić information content (AvgIpc) is 2.70. The molecule has 1 amide bonds. The van der Waals surface area contributed by atoms with Gasteiger partial charge in [-0.15, -0.1) is 0 Å². The van der Waals surface area contributed by atoms with Crippen molar-refractivity contribution in [2.75, 3.05) is 21.2 Å². The molecule has 3 aliphatic rings. The Hall–Kier alpha value is -3.21. The molecule has 10 nitrogen and oxygen atoms in total. The summed E-state index contributed by atoms with van der Waals surface area (Å²) >= 11 is 0. The van der Waals surface area contributed by atoms with E-state index in [0.29, 0.717) is 5.56 Å². The van der Waals surface area contributed by atoms with Gasteiger partial charge in [0.2, 0.25) is 5.78 Å². The summed E-state index contributed by atoms with van der Waals surface area (Å²) in [6.07, 6.45) is -0.847. The van der Waals surface area contributed by atoms with Crippen molar-refractivity contribution in [1.29, 1.82) is 0 Å². The Balaban J connectivity index is 2.06. The Labute approximate surface area is 183 Å². The smallest absolute Gasteiger partial charge is 0.255 e.